The molecule has 2 unspecified atom stereocenters. The third kappa shape index (κ3) is 4.51. The van der Waals surface area contributed by atoms with Crippen molar-refractivity contribution in [2.75, 3.05) is 26.9 Å². The summed E-state index contributed by atoms with van der Waals surface area (Å²) in [6.45, 7) is 3.75. The first kappa shape index (κ1) is 20.6. The van der Waals surface area contributed by atoms with Crippen LogP contribution in [-0.4, -0.2) is 61.5 Å². The summed E-state index contributed by atoms with van der Waals surface area (Å²) in [6.07, 6.45) is 0.549. The van der Waals surface area contributed by atoms with E-state index in [0.29, 0.717) is 19.6 Å². The van der Waals surface area contributed by atoms with Gasteiger partial charge in [0.1, 0.15) is 6.04 Å². The van der Waals surface area contributed by atoms with Crippen molar-refractivity contribution in [2.24, 2.45) is 5.92 Å². The molecule has 0 spiro atoms. The number of carbonyl (C=O) groups excluding carboxylic acids is 4. The topological polar surface area (TPSA) is 102 Å². The van der Waals surface area contributed by atoms with Gasteiger partial charge in [-0.15, -0.1) is 0 Å². The summed E-state index contributed by atoms with van der Waals surface area (Å²) in [5.74, 6) is -2.63. The molecule has 0 aliphatic carbocycles. The molecule has 0 radical (unpaired) electrons. The molecule has 0 saturated carbocycles. The van der Waals surface area contributed by atoms with Gasteiger partial charge in [0.25, 0.3) is 17.7 Å². The molecule has 8 nitrogen and oxygen atoms in total. The number of ether oxygens (including phenoxy) is 2. The lowest BCUT2D eigenvalue weighted by Gasteiger charge is -2.28. The number of esters is 1. The number of methoxy groups -OCH3 is 1. The van der Waals surface area contributed by atoms with Gasteiger partial charge in [0.15, 0.2) is 6.61 Å². The first-order valence-corrected chi connectivity index (χ1v) is 8.81. The van der Waals surface area contributed by atoms with Gasteiger partial charge >= 0.3 is 5.97 Å². The van der Waals surface area contributed by atoms with Crippen molar-refractivity contribution in [3.05, 3.63) is 35.4 Å². The third-order valence-corrected chi connectivity index (χ3v) is 4.50. The molecule has 1 N–H and O–H groups in total. The van der Waals surface area contributed by atoms with Gasteiger partial charge in [-0.1, -0.05) is 32.4 Å². The number of carbonyl (C=O) groups is 4. The number of benzene rings is 1. The smallest absolute Gasteiger partial charge is 0.330 e. The maximum atomic E-state index is 12.7. The van der Waals surface area contributed by atoms with Crippen LogP contribution in [0.1, 0.15) is 41.0 Å². The molecule has 0 saturated heterocycles. The van der Waals surface area contributed by atoms with Crippen LogP contribution >= 0.6 is 0 Å². The molecule has 3 amide bonds. The Balaban J connectivity index is 2.12. The summed E-state index contributed by atoms with van der Waals surface area (Å²) in [5, 5.41) is 2.53. The Morgan fingerprint density at radius 1 is 1.15 bits per heavy atom. The van der Waals surface area contributed by atoms with E-state index in [1.165, 1.54) is 7.11 Å². The summed E-state index contributed by atoms with van der Waals surface area (Å²) in [6, 6.07) is 5.34. The predicted molar refractivity (Wildman–Crippen MR) is 96.0 cm³/mol. The lowest BCUT2D eigenvalue weighted by Crippen LogP contribution is -2.49. The maximum Gasteiger partial charge on any atom is 0.330 e. The molecule has 2 atom stereocenters. The van der Waals surface area contributed by atoms with E-state index in [0.717, 1.165) is 4.90 Å². The molecule has 1 aliphatic rings. The van der Waals surface area contributed by atoms with Gasteiger partial charge in [0, 0.05) is 13.7 Å². The highest BCUT2D eigenvalue weighted by atomic mass is 16.5. The van der Waals surface area contributed by atoms with E-state index in [1.54, 1.807) is 31.2 Å². The molecule has 146 valence electrons. The SMILES string of the molecule is CCC(C)C(C(=O)OCC(=O)NCCOC)N1C(=O)c2ccccc2C1=O. The third-order valence-electron chi connectivity index (χ3n) is 4.50. The minimum absolute atomic E-state index is 0.265. The van der Waals surface area contributed by atoms with Crippen molar-refractivity contribution in [2.45, 2.75) is 26.3 Å². The lowest BCUT2D eigenvalue weighted by molar-refractivity contribution is -0.154. The van der Waals surface area contributed by atoms with Crippen LogP contribution in [0.15, 0.2) is 24.3 Å². The van der Waals surface area contributed by atoms with Crippen molar-refractivity contribution in [3.8, 4) is 0 Å². The molecule has 1 aliphatic heterocycles. The van der Waals surface area contributed by atoms with Gasteiger partial charge in [-0.05, 0) is 18.1 Å². The Morgan fingerprint density at radius 2 is 1.74 bits per heavy atom. The summed E-state index contributed by atoms with van der Waals surface area (Å²) < 4.78 is 9.91. The van der Waals surface area contributed by atoms with Gasteiger partial charge in [0.2, 0.25) is 0 Å². The molecule has 2 rings (SSSR count). The van der Waals surface area contributed by atoms with E-state index in [9.17, 15) is 19.2 Å². The van der Waals surface area contributed by atoms with E-state index in [2.05, 4.69) is 5.32 Å². The number of nitrogens with zero attached hydrogens (tertiary/aromatic N) is 1. The molecular weight excluding hydrogens is 352 g/mol. The molecule has 8 heteroatoms. The van der Waals surface area contributed by atoms with Gasteiger partial charge in [-0.3, -0.25) is 19.3 Å². The van der Waals surface area contributed by atoms with Gasteiger partial charge in [-0.2, -0.15) is 0 Å². The maximum absolute atomic E-state index is 12.7. The highest BCUT2D eigenvalue weighted by molar-refractivity contribution is 6.22. The minimum atomic E-state index is -1.09. The Labute approximate surface area is 157 Å². The summed E-state index contributed by atoms with van der Waals surface area (Å²) in [4.78, 5) is 50.7. The normalized spacial score (nSPS) is 15.3. The van der Waals surface area contributed by atoms with Crippen LogP contribution < -0.4 is 5.32 Å². The number of rotatable bonds is 9. The second-order valence-electron chi connectivity index (χ2n) is 6.31. The zero-order chi connectivity index (χ0) is 20.0. The van der Waals surface area contributed by atoms with Crippen LogP contribution in [0.25, 0.3) is 0 Å². The fraction of sp³-hybridized carbons (Fsp3) is 0.474. The molecule has 1 aromatic carbocycles. The Bertz CT molecular complexity index is 698. The predicted octanol–water partition coefficient (Wildman–Crippen LogP) is 1.00. The molecule has 27 heavy (non-hydrogen) atoms. The average Bonchev–Trinajstić information content (AvgIpc) is 2.92. The van der Waals surface area contributed by atoms with E-state index in [-0.39, 0.29) is 17.0 Å². The van der Waals surface area contributed by atoms with Gasteiger partial charge in [0.05, 0.1) is 17.7 Å². The van der Waals surface area contributed by atoms with Crippen molar-refractivity contribution in [1.82, 2.24) is 10.2 Å². The van der Waals surface area contributed by atoms with Crippen molar-refractivity contribution < 1.29 is 28.7 Å². The van der Waals surface area contributed by atoms with Crippen molar-refractivity contribution in [3.63, 3.8) is 0 Å². The first-order chi connectivity index (χ1) is 12.9. The van der Waals surface area contributed by atoms with E-state index < -0.39 is 36.3 Å². The van der Waals surface area contributed by atoms with Gasteiger partial charge in [-0.25, -0.2) is 4.79 Å². The van der Waals surface area contributed by atoms with Crippen molar-refractivity contribution in [1.29, 1.82) is 0 Å². The summed E-state index contributed by atoms with van der Waals surface area (Å²) >= 11 is 0. The quantitative estimate of drug-likeness (QED) is 0.392. The second-order valence-corrected chi connectivity index (χ2v) is 6.31. The first-order valence-electron chi connectivity index (χ1n) is 8.81. The molecule has 1 aromatic rings. The van der Waals surface area contributed by atoms with Crippen LogP contribution in [0.3, 0.4) is 0 Å². The number of imide groups is 1. The van der Waals surface area contributed by atoms with E-state index >= 15 is 0 Å². The second kappa shape index (κ2) is 9.27. The monoisotopic (exact) mass is 376 g/mol. The van der Waals surface area contributed by atoms with Gasteiger partial charge < -0.3 is 14.8 Å². The highest BCUT2D eigenvalue weighted by Gasteiger charge is 2.45. The number of hydrogen-bond acceptors (Lipinski definition) is 6. The number of nitrogens with one attached hydrogen (secondary N) is 1. The van der Waals surface area contributed by atoms with Crippen LogP contribution in [0.4, 0.5) is 0 Å². The fourth-order valence-corrected chi connectivity index (χ4v) is 2.84. The standard InChI is InChI=1S/C19H24N2O6/c1-4-12(2)16(19(25)27-11-15(22)20-9-10-26-3)21-17(23)13-7-5-6-8-14(13)18(21)24/h5-8,12,16H,4,9-11H2,1-3H3,(H,20,22). The minimum Gasteiger partial charge on any atom is -0.454 e. The van der Waals surface area contributed by atoms with Crippen LogP contribution in [-0.2, 0) is 19.1 Å². The Hall–Kier alpha value is -2.74. The van der Waals surface area contributed by atoms with E-state index in [4.69, 9.17) is 9.47 Å². The van der Waals surface area contributed by atoms with Crippen LogP contribution in [0.2, 0.25) is 0 Å². The molecular formula is C19H24N2O6. The average molecular weight is 376 g/mol. The highest BCUT2D eigenvalue weighted by Crippen LogP contribution is 2.28. The molecule has 0 aromatic heterocycles. The van der Waals surface area contributed by atoms with Crippen LogP contribution in [0, 0.1) is 5.92 Å². The van der Waals surface area contributed by atoms with Crippen LogP contribution in [0.5, 0.6) is 0 Å². The Morgan fingerprint density at radius 3 is 2.26 bits per heavy atom. The number of amides is 3. The van der Waals surface area contributed by atoms with E-state index in [1.807, 2.05) is 6.92 Å². The molecule has 1 heterocycles. The molecule has 0 bridgehead atoms. The Kier molecular flexibility index (Phi) is 7.06. The zero-order valence-corrected chi connectivity index (χ0v) is 15.7. The zero-order valence-electron chi connectivity index (χ0n) is 15.7. The summed E-state index contributed by atoms with van der Waals surface area (Å²) in [5.41, 5.74) is 0.529. The number of fused-ring (bicyclic) bond motifs is 1. The van der Waals surface area contributed by atoms with Crippen molar-refractivity contribution >= 4 is 23.7 Å². The largest absolute Gasteiger partial charge is 0.454 e. The summed E-state index contributed by atoms with van der Waals surface area (Å²) in [7, 11) is 1.50. The number of hydrogen-bond donors (Lipinski definition) is 1. The molecule has 0 fully saturated rings. The lowest BCUT2D eigenvalue weighted by atomic mass is 9.97. The fourth-order valence-electron chi connectivity index (χ4n) is 2.84.